The van der Waals surface area contributed by atoms with E-state index >= 15 is 0 Å². The third kappa shape index (κ3) is 2.19. The second-order valence-electron chi connectivity index (χ2n) is 3.88. The van der Waals surface area contributed by atoms with Crippen LogP contribution in [0.5, 0.6) is 0 Å². The number of rotatable bonds is 5. The highest BCUT2D eigenvalue weighted by Gasteiger charge is 2.55. The first-order valence-electron chi connectivity index (χ1n) is 5.00. The molecule has 0 amide bonds. The minimum atomic E-state index is -2.77. The molecule has 0 aliphatic rings. The molecule has 0 saturated carbocycles. The van der Waals surface area contributed by atoms with E-state index in [1.54, 1.807) is 6.07 Å². The summed E-state index contributed by atoms with van der Waals surface area (Å²) in [5.74, 6) is -2.77. The Morgan fingerprint density at radius 3 is 1.76 bits per heavy atom. The number of hydrogen-bond donors (Lipinski definition) is 6. The molecule has 6 nitrogen and oxygen atoms in total. The predicted molar refractivity (Wildman–Crippen MR) is 57.4 cm³/mol. The molecule has 17 heavy (non-hydrogen) atoms. The van der Waals surface area contributed by atoms with Crippen LogP contribution >= 0.6 is 0 Å². The van der Waals surface area contributed by atoms with Gasteiger partial charge in [-0.2, -0.15) is 0 Å². The zero-order chi connectivity index (χ0) is 13.1. The van der Waals surface area contributed by atoms with E-state index in [4.69, 9.17) is 10.2 Å². The van der Waals surface area contributed by atoms with E-state index in [0.717, 1.165) is 0 Å². The molecule has 0 saturated heterocycles. The molecule has 0 fully saturated rings. The van der Waals surface area contributed by atoms with Crippen LogP contribution in [-0.4, -0.2) is 50.1 Å². The van der Waals surface area contributed by atoms with Gasteiger partial charge in [-0.3, -0.25) is 0 Å². The van der Waals surface area contributed by atoms with Crippen LogP contribution in [0.3, 0.4) is 0 Å². The summed E-state index contributed by atoms with van der Waals surface area (Å²) in [5, 5.41) is 56.6. The zero-order valence-corrected chi connectivity index (χ0v) is 9.06. The fraction of sp³-hybridized carbons (Fsp3) is 0.455. The quantitative estimate of drug-likeness (QED) is 0.337. The topological polar surface area (TPSA) is 121 Å². The summed E-state index contributed by atoms with van der Waals surface area (Å²) >= 11 is 0. The maximum Gasteiger partial charge on any atom is 0.205 e. The molecule has 96 valence electrons. The van der Waals surface area contributed by atoms with Gasteiger partial charge < -0.3 is 30.6 Å². The molecule has 0 atom stereocenters. The summed E-state index contributed by atoms with van der Waals surface area (Å²) in [5.41, 5.74) is -2.34. The van der Waals surface area contributed by atoms with Crippen molar-refractivity contribution in [2.75, 3.05) is 13.2 Å². The van der Waals surface area contributed by atoms with Crippen LogP contribution in [0.15, 0.2) is 30.3 Å². The maximum absolute atomic E-state index is 9.98. The van der Waals surface area contributed by atoms with Crippen LogP contribution in [0.25, 0.3) is 0 Å². The van der Waals surface area contributed by atoms with Crippen molar-refractivity contribution in [3.05, 3.63) is 35.9 Å². The molecule has 1 aromatic carbocycles. The Balaban J connectivity index is 3.27. The van der Waals surface area contributed by atoms with Gasteiger partial charge in [0.25, 0.3) is 0 Å². The molecular formula is C11H16O6. The molecule has 0 heterocycles. The van der Waals surface area contributed by atoms with Crippen LogP contribution in [0.1, 0.15) is 5.56 Å². The molecule has 0 radical (unpaired) electrons. The van der Waals surface area contributed by atoms with Crippen molar-refractivity contribution in [3.63, 3.8) is 0 Å². The van der Waals surface area contributed by atoms with Crippen LogP contribution in [-0.2, 0) is 5.79 Å². The lowest BCUT2D eigenvalue weighted by molar-refractivity contribution is -0.332. The Morgan fingerprint density at radius 2 is 1.41 bits per heavy atom. The molecule has 1 rings (SSSR count). The minimum absolute atomic E-state index is 0.0591. The van der Waals surface area contributed by atoms with E-state index in [1.165, 1.54) is 24.3 Å². The van der Waals surface area contributed by atoms with Crippen molar-refractivity contribution in [2.45, 2.75) is 12.1 Å². The lowest BCUT2D eigenvalue weighted by Crippen LogP contribution is -2.57. The standard InChI is InChI=1S/C11H16O6/c12-6-10(7-13,9(14)15)11(16,17)8-4-2-1-3-5-8/h1-5,9,12-17H,6-7H2. The summed E-state index contributed by atoms with van der Waals surface area (Å²) in [6.45, 7) is -2.02. The zero-order valence-electron chi connectivity index (χ0n) is 9.06. The molecule has 1 aromatic rings. The monoisotopic (exact) mass is 244 g/mol. The van der Waals surface area contributed by atoms with E-state index in [0.29, 0.717) is 0 Å². The van der Waals surface area contributed by atoms with E-state index in [9.17, 15) is 20.4 Å². The third-order valence-corrected chi connectivity index (χ3v) is 2.93. The number of aliphatic hydroxyl groups is 6. The molecule has 0 aliphatic heterocycles. The van der Waals surface area contributed by atoms with Crippen molar-refractivity contribution in [1.82, 2.24) is 0 Å². The fourth-order valence-corrected chi connectivity index (χ4v) is 1.57. The summed E-state index contributed by atoms with van der Waals surface area (Å²) in [7, 11) is 0. The molecule has 0 bridgehead atoms. The summed E-state index contributed by atoms with van der Waals surface area (Å²) in [6, 6.07) is 7.33. The summed E-state index contributed by atoms with van der Waals surface area (Å²) in [6.07, 6.45) is -2.30. The van der Waals surface area contributed by atoms with Gasteiger partial charge in [0.15, 0.2) is 6.29 Å². The first-order valence-corrected chi connectivity index (χ1v) is 5.00. The maximum atomic E-state index is 9.98. The van der Waals surface area contributed by atoms with E-state index in [-0.39, 0.29) is 5.56 Å². The normalized spacial score (nSPS) is 13.1. The predicted octanol–water partition coefficient (Wildman–Crippen LogP) is -1.89. The number of benzene rings is 1. The van der Waals surface area contributed by atoms with Crippen molar-refractivity contribution in [1.29, 1.82) is 0 Å². The average molecular weight is 244 g/mol. The molecule has 6 heteroatoms. The summed E-state index contributed by atoms with van der Waals surface area (Å²) < 4.78 is 0. The highest BCUT2D eigenvalue weighted by Crippen LogP contribution is 2.39. The van der Waals surface area contributed by atoms with Gasteiger partial charge in [0, 0.05) is 5.56 Å². The van der Waals surface area contributed by atoms with Gasteiger partial charge in [-0.05, 0) is 0 Å². The van der Waals surface area contributed by atoms with Crippen LogP contribution in [0.4, 0.5) is 0 Å². The Labute approximate surface area is 98.0 Å². The van der Waals surface area contributed by atoms with Gasteiger partial charge in [-0.1, -0.05) is 30.3 Å². The molecule has 0 spiro atoms. The molecule has 6 N–H and O–H groups in total. The average Bonchev–Trinajstić information content (AvgIpc) is 2.31. The van der Waals surface area contributed by atoms with Crippen molar-refractivity contribution < 1.29 is 30.6 Å². The molecule has 0 aromatic heterocycles. The van der Waals surface area contributed by atoms with Crippen LogP contribution in [0, 0.1) is 5.41 Å². The fourth-order valence-electron chi connectivity index (χ4n) is 1.57. The molecule has 0 aliphatic carbocycles. The van der Waals surface area contributed by atoms with Gasteiger partial charge >= 0.3 is 0 Å². The Kier molecular flexibility index (Phi) is 4.21. The van der Waals surface area contributed by atoms with Crippen molar-refractivity contribution >= 4 is 0 Å². The minimum Gasteiger partial charge on any atom is -0.395 e. The van der Waals surface area contributed by atoms with Crippen molar-refractivity contribution in [3.8, 4) is 0 Å². The SMILES string of the molecule is OCC(CO)(C(O)O)C(O)(O)c1ccccc1. The van der Waals surface area contributed by atoms with Gasteiger partial charge in [-0.25, -0.2) is 0 Å². The lowest BCUT2D eigenvalue weighted by Gasteiger charge is -2.42. The van der Waals surface area contributed by atoms with E-state index < -0.39 is 30.7 Å². The second kappa shape index (κ2) is 5.09. The van der Waals surface area contributed by atoms with E-state index in [1.807, 2.05) is 0 Å². The number of hydrogen-bond acceptors (Lipinski definition) is 6. The van der Waals surface area contributed by atoms with Gasteiger partial charge in [0.1, 0.15) is 5.41 Å². The van der Waals surface area contributed by atoms with Crippen LogP contribution in [0.2, 0.25) is 0 Å². The van der Waals surface area contributed by atoms with Crippen molar-refractivity contribution in [2.24, 2.45) is 5.41 Å². The Morgan fingerprint density at radius 1 is 0.941 bits per heavy atom. The molecule has 0 unspecified atom stereocenters. The smallest absolute Gasteiger partial charge is 0.205 e. The van der Waals surface area contributed by atoms with E-state index in [2.05, 4.69) is 0 Å². The highest BCUT2D eigenvalue weighted by atomic mass is 16.5. The third-order valence-electron chi connectivity index (χ3n) is 2.93. The Bertz CT molecular complexity index is 344. The largest absolute Gasteiger partial charge is 0.395 e. The van der Waals surface area contributed by atoms with Gasteiger partial charge in [0.2, 0.25) is 5.79 Å². The Hall–Kier alpha value is -1.02. The number of aliphatic hydroxyl groups excluding tert-OH is 3. The first-order chi connectivity index (χ1) is 7.92. The van der Waals surface area contributed by atoms with Gasteiger partial charge in [-0.15, -0.1) is 0 Å². The van der Waals surface area contributed by atoms with Gasteiger partial charge in [0.05, 0.1) is 13.2 Å². The lowest BCUT2D eigenvalue weighted by atomic mass is 9.76. The second-order valence-corrected chi connectivity index (χ2v) is 3.88. The van der Waals surface area contributed by atoms with Crippen LogP contribution < -0.4 is 0 Å². The molecular weight excluding hydrogens is 228 g/mol. The first kappa shape index (κ1) is 14.0. The summed E-state index contributed by atoms with van der Waals surface area (Å²) in [4.78, 5) is 0. The highest BCUT2D eigenvalue weighted by molar-refractivity contribution is 5.23.